The number of hydrogen-bond acceptors (Lipinski definition) is 3. The number of imide groups is 1. The molecular formula is C18H15BrN2O3. The number of halogens is 1. The van der Waals surface area contributed by atoms with Crippen LogP contribution in [0.1, 0.15) is 16.7 Å². The smallest absolute Gasteiger partial charge is 0.326 e. The summed E-state index contributed by atoms with van der Waals surface area (Å²) in [5.41, 5.74) is 3.29. The molecule has 1 aliphatic heterocycles. The molecule has 1 fully saturated rings. The topological polar surface area (TPSA) is 67.4 Å². The summed E-state index contributed by atoms with van der Waals surface area (Å²) in [5, 5.41) is 4.61. The fraction of sp³-hybridized carbons (Fsp3) is 0.111. The molecule has 1 saturated heterocycles. The number of amides is 3. The number of carbonyl (C=O) groups excluding carboxylic acids is 2. The number of nitrogens with one attached hydrogen (secondary N) is 2. The van der Waals surface area contributed by atoms with Crippen LogP contribution >= 0.6 is 15.9 Å². The van der Waals surface area contributed by atoms with Crippen LogP contribution in [0, 0.1) is 6.92 Å². The lowest BCUT2D eigenvalue weighted by Gasteiger charge is -2.09. The van der Waals surface area contributed by atoms with E-state index in [1.54, 1.807) is 6.08 Å². The molecule has 0 bridgehead atoms. The third-order valence-corrected chi connectivity index (χ3v) is 4.12. The van der Waals surface area contributed by atoms with E-state index in [2.05, 4.69) is 26.6 Å². The van der Waals surface area contributed by atoms with E-state index in [-0.39, 0.29) is 5.70 Å². The van der Waals surface area contributed by atoms with Crippen molar-refractivity contribution in [3.63, 3.8) is 0 Å². The molecule has 0 saturated carbocycles. The Balaban J connectivity index is 1.70. The lowest BCUT2D eigenvalue weighted by atomic mass is 10.1. The second-order valence-electron chi connectivity index (χ2n) is 5.43. The molecule has 2 aromatic carbocycles. The van der Waals surface area contributed by atoms with Gasteiger partial charge in [0.25, 0.3) is 5.91 Å². The van der Waals surface area contributed by atoms with E-state index < -0.39 is 11.9 Å². The summed E-state index contributed by atoms with van der Waals surface area (Å²) in [6.07, 6.45) is 1.61. The van der Waals surface area contributed by atoms with Crippen molar-refractivity contribution in [3.8, 4) is 5.75 Å². The minimum Gasteiger partial charge on any atom is -0.488 e. The SMILES string of the molecule is Cc1ccc(COc2ccc(C=C3NC(=O)NC3=O)cc2Br)cc1. The van der Waals surface area contributed by atoms with E-state index in [4.69, 9.17) is 4.74 Å². The number of rotatable bonds is 4. The van der Waals surface area contributed by atoms with Crippen LogP contribution in [0.3, 0.4) is 0 Å². The molecule has 0 atom stereocenters. The van der Waals surface area contributed by atoms with Crippen molar-refractivity contribution in [2.45, 2.75) is 13.5 Å². The van der Waals surface area contributed by atoms with E-state index in [9.17, 15) is 9.59 Å². The van der Waals surface area contributed by atoms with Crippen LogP contribution in [0.5, 0.6) is 5.75 Å². The summed E-state index contributed by atoms with van der Waals surface area (Å²) in [5.74, 6) is 0.272. The van der Waals surface area contributed by atoms with E-state index in [1.807, 2.05) is 49.4 Å². The molecule has 0 aromatic heterocycles. The van der Waals surface area contributed by atoms with Gasteiger partial charge in [-0.15, -0.1) is 0 Å². The van der Waals surface area contributed by atoms with E-state index in [0.29, 0.717) is 12.4 Å². The Morgan fingerprint density at radius 1 is 1.08 bits per heavy atom. The summed E-state index contributed by atoms with van der Waals surface area (Å²) < 4.78 is 6.58. The molecule has 24 heavy (non-hydrogen) atoms. The van der Waals surface area contributed by atoms with Gasteiger partial charge in [-0.25, -0.2) is 4.79 Å². The quantitative estimate of drug-likeness (QED) is 0.623. The van der Waals surface area contributed by atoms with Crippen LogP contribution in [-0.4, -0.2) is 11.9 Å². The van der Waals surface area contributed by atoms with Crippen molar-refractivity contribution >= 4 is 33.9 Å². The van der Waals surface area contributed by atoms with Crippen LogP contribution in [-0.2, 0) is 11.4 Å². The van der Waals surface area contributed by atoms with Gasteiger partial charge in [0, 0.05) is 0 Å². The highest BCUT2D eigenvalue weighted by Crippen LogP contribution is 2.27. The first-order chi connectivity index (χ1) is 11.5. The number of aryl methyl sites for hydroxylation is 1. The maximum absolute atomic E-state index is 11.5. The largest absolute Gasteiger partial charge is 0.488 e. The van der Waals surface area contributed by atoms with Gasteiger partial charge in [-0.3, -0.25) is 10.1 Å². The zero-order valence-corrected chi connectivity index (χ0v) is 14.5. The number of hydrogen-bond donors (Lipinski definition) is 2. The summed E-state index contributed by atoms with van der Waals surface area (Å²) >= 11 is 3.47. The highest BCUT2D eigenvalue weighted by Gasteiger charge is 2.22. The highest BCUT2D eigenvalue weighted by molar-refractivity contribution is 9.10. The van der Waals surface area contributed by atoms with Gasteiger partial charge in [-0.1, -0.05) is 35.9 Å². The minimum atomic E-state index is -0.511. The van der Waals surface area contributed by atoms with Gasteiger partial charge < -0.3 is 10.1 Å². The molecular weight excluding hydrogens is 372 g/mol. The summed E-state index contributed by atoms with van der Waals surface area (Å²) in [6.45, 7) is 2.51. The van der Waals surface area contributed by atoms with Crippen molar-refractivity contribution in [2.75, 3.05) is 0 Å². The van der Waals surface area contributed by atoms with E-state index in [1.165, 1.54) is 5.56 Å². The Morgan fingerprint density at radius 2 is 1.83 bits per heavy atom. The summed E-state index contributed by atoms with van der Waals surface area (Å²) in [6, 6.07) is 13.1. The summed E-state index contributed by atoms with van der Waals surface area (Å²) in [7, 11) is 0. The Hall–Kier alpha value is -2.60. The molecule has 1 aliphatic rings. The normalized spacial score (nSPS) is 15.3. The van der Waals surface area contributed by atoms with Crippen molar-refractivity contribution in [3.05, 3.63) is 69.3 Å². The predicted molar refractivity (Wildman–Crippen MR) is 94.3 cm³/mol. The first-order valence-corrected chi connectivity index (χ1v) is 8.12. The monoisotopic (exact) mass is 386 g/mol. The predicted octanol–water partition coefficient (Wildman–Crippen LogP) is 3.52. The molecule has 6 heteroatoms. The Labute approximate surface area is 147 Å². The van der Waals surface area contributed by atoms with Gasteiger partial charge in [0.05, 0.1) is 4.47 Å². The number of carbonyl (C=O) groups is 2. The highest BCUT2D eigenvalue weighted by atomic mass is 79.9. The standard InChI is InChI=1S/C18H15BrN2O3/c1-11-2-4-12(5-3-11)10-24-16-7-6-13(8-14(16)19)9-15-17(22)21-18(23)20-15/h2-9H,10H2,1H3,(H2,20,21,22,23). The molecule has 0 spiro atoms. The first-order valence-electron chi connectivity index (χ1n) is 7.33. The molecule has 2 N–H and O–H groups in total. The molecule has 1 heterocycles. The number of benzene rings is 2. The van der Waals surface area contributed by atoms with Crippen LogP contribution in [0.4, 0.5) is 4.79 Å². The zero-order chi connectivity index (χ0) is 17.1. The van der Waals surface area contributed by atoms with Crippen LogP contribution in [0.15, 0.2) is 52.6 Å². The maximum atomic E-state index is 11.5. The minimum absolute atomic E-state index is 0.222. The molecule has 0 aliphatic carbocycles. The van der Waals surface area contributed by atoms with Crippen molar-refractivity contribution in [1.82, 2.24) is 10.6 Å². The molecule has 3 amide bonds. The number of ether oxygens (including phenoxy) is 1. The van der Waals surface area contributed by atoms with Crippen LogP contribution in [0.25, 0.3) is 6.08 Å². The van der Waals surface area contributed by atoms with E-state index >= 15 is 0 Å². The maximum Gasteiger partial charge on any atom is 0.326 e. The van der Waals surface area contributed by atoms with Gasteiger partial charge in [0.15, 0.2) is 0 Å². The van der Waals surface area contributed by atoms with Crippen LogP contribution < -0.4 is 15.4 Å². The van der Waals surface area contributed by atoms with Gasteiger partial charge in [0.2, 0.25) is 0 Å². The second-order valence-corrected chi connectivity index (χ2v) is 6.28. The Kier molecular flexibility index (Phi) is 4.66. The lowest BCUT2D eigenvalue weighted by Crippen LogP contribution is -2.22. The third-order valence-electron chi connectivity index (χ3n) is 3.50. The first kappa shape index (κ1) is 16.3. The molecule has 3 rings (SSSR count). The Bertz CT molecular complexity index is 829. The van der Waals surface area contributed by atoms with Crippen molar-refractivity contribution < 1.29 is 14.3 Å². The van der Waals surface area contributed by atoms with Crippen molar-refractivity contribution in [1.29, 1.82) is 0 Å². The number of urea groups is 1. The van der Waals surface area contributed by atoms with Gasteiger partial charge in [0.1, 0.15) is 18.1 Å². The van der Waals surface area contributed by atoms with Gasteiger partial charge >= 0.3 is 6.03 Å². The molecule has 0 unspecified atom stereocenters. The van der Waals surface area contributed by atoms with Crippen LogP contribution in [0.2, 0.25) is 0 Å². The summed E-state index contributed by atoms with van der Waals surface area (Å²) in [4.78, 5) is 22.6. The van der Waals surface area contributed by atoms with E-state index in [0.717, 1.165) is 15.6 Å². The molecule has 122 valence electrons. The Morgan fingerprint density at radius 3 is 2.46 bits per heavy atom. The van der Waals surface area contributed by atoms with Gasteiger partial charge in [-0.05, 0) is 52.2 Å². The molecule has 5 nitrogen and oxygen atoms in total. The average Bonchev–Trinajstić information content (AvgIpc) is 2.86. The fourth-order valence-corrected chi connectivity index (χ4v) is 2.73. The lowest BCUT2D eigenvalue weighted by molar-refractivity contribution is -0.115. The fourth-order valence-electron chi connectivity index (χ4n) is 2.22. The molecule has 2 aromatic rings. The molecule has 0 radical (unpaired) electrons. The second kappa shape index (κ2) is 6.88. The third kappa shape index (κ3) is 3.83. The van der Waals surface area contributed by atoms with Crippen molar-refractivity contribution in [2.24, 2.45) is 0 Å². The average molecular weight is 387 g/mol. The van der Waals surface area contributed by atoms with Gasteiger partial charge in [-0.2, -0.15) is 0 Å². The zero-order valence-electron chi connectivity index (χ0n) is 12.9.